The standard InChI is InChI=1S/C21H28N2O2S/c1-3-15(22)12-4-6-13(7-5-12)18-17(25-2)9-8-16-19(18)14-10-11-26-20(14)21(24)23-16/h4-7,10-11,14-20H,3,8-9,22H2,1-2H3,(H,23,24)/t14?,15-,16?,17?,18?,19?,20?/m0/s1. The van der Waals surface area contributed by atoms with Crippen molar-refractivity contribution in [1.82, 2.24) is 5.32 Å². The van der Waals surface area contributed by atoms with Crippen molar-refractivity contribution in [1.29, 1.82) is 0 Å². The number of carbonyl (C=O) groups excluding carboxylic acids is 1. The van der Waals surface area contributed by atoms with Crippen LogP contribution in [-0.2, 0) is 9.53 Å². The number of allylic oxidation sites excluding steroid dienone is 1. The van der Waals surface area contributed by atoms with Crippen molar-refractivity contribution in [3.63, 3.8) is 0 Å². The monoisotopic (exact) mass is 372 g/mol. The molecule has 2 heterocycles. The van der Waals surface area contributed by atoms with E-state index in [9.17, 15) is 4.79 Å². The Morgan fingerprint density at radius 1 is 1.31 bits per heavy atom. The lowest BCUT2D eigenvalue weighted by atomic mass is 9.63. The van der Waals surface area contributed by atoms with Gasteiger partial charge in [-0.25, -0.2) is 0 Å². The fraction of sp³-hybridized carbons (Fsp3) is 0.571. The number of ether oxygens (including phenoxy) is 1. The first-order valence-electron chi connectivity index (χ1n) is 9.64. The van der Waals surface area contributed by atoms with E-state index >= 15 is 0 Å². The number of nitrogens with one attached hydrogen (secondary N) is 1. The maximum atomic E-state index is 12.5. The number of methoxy groups -OCH3 is 1. The Labute approximate surface area is 159 Å². The van der Waals surface area contributed by atoms with E-state index in [1.807, 2.05) is 7.11 Å². The number of thioether (sulfide) groups is 1. The fourth-order valence-electron chi connectivity index (χ4n) is 5.04. The molecule has 1 aromatic carbocycles. The molecule has 2 aliphatic heterocycles. The molecule has 0 radical (unpaired) electrons. The van der Waals surface area contributed by atoms with Crippen LogP contribution in [0.2, 0.25) is 0 Å². The van der Waals surface area contributed by atoms with Gasteiger partial charge in [-0.3, -0.25) is 4.79 Å². The molecule has 3 N–H and O–H groups in total. The second-order valence-electron chi connectivity index (χ2n) is 7.71. The summed E-state index contributed by atoms with van der Waals surface area (Å²) in [7, 11) is 1.82. The number of rotatable bonds is 4. The van der Waals surface area contributed by atoms with Crippen LogP contribution in [0.4, 0.5) is 0 Å². The zero-order valence-electron chi connectivity index (χ0n) is 15.4. The Morgan fingerprint density at radius 3 is 2.77 bits per heavy atom. The highest BCUT2D eigenvalue weighted by molar-refractivity contribution is 8.03. The van der Waals surface area contributed by atoms with Crippen molar-refractivity contribution >= 4 is 17.7 Å². The molecular formula is C21H28N2O2S. The summed E-state index contributed by atoms with van der Waals surface area (Å²) in [6.07, 6.45) is 5.35. The third-order valence-corrected chi connectivity index (χ3v) is 7.58. The molecule has 4 rings (SSSR count). The van der Waals surface area contributed by atoms with Gasteiger partial charge in [0, 0.05) is 31.0 Å². The SMILES string of the molecule is CC[C@H](N)c1ccc(C2C(OC)CCC3NC(=O)C4SC=CC4C32)cc1. The van der Waals surface area contributed by atoms with Gasteiger partial charge in [0.1, 0.15) is 0 Å². The molecule has 1 amide bonds. The van der Waals surface area contributed by atoms with Crippen molar-refractivity contribution in [3.05, 3.63) is 46.9 Å². The first-order chi connectivity index (χ1) is 12.6. The summed E-state index contributed by atoms with van der Waals surface area (Å²) < 4.78 is 5.91. The van der Waals surface area contributed by atoms with Gasteiger partial charge in [-0.15, -0.1) is 11.8 Å². The minimum atomic E-state index is 0.0159. The van der Waals surface area contributed by atoms with E-state index in [1.54, 1.807) is 11.8 Å². The van der Waals surface area contributed by atoms with Gasteiger partial charge in [-0.2, -0.15) is 0 Å². The van der Waals surface area contributed by atoms with Crippen molar-refractivity contribution in [3.8, 4) is 0 Å². The van der Waals surface area contributed by atoms with Crippen LogP contribution in [0.25, 0.3) is 0 Å². The molecule has 0 aromatic heterocycles. The highest BCUT2D eigenvalue weighted by atomic mass is 32.2. The molecule has 2 fully saturated rings. The van der Waals surface area contributed by atoms with Crippen LogP contribution in [0.5, 0.6) is 0 Å². The second-order valence-corrected chi connectivity index (χ2v) is 8.77. The lowest BCUT2D eigenvalue weighted by Gasteiger charge is -2.49. The van der Waals surface area contributed by atoms with Gasteiger partial charge < -0.3 is 15.8 Å². The van der Waals surface area contributed by atoms with E-state index in [0.29, 0.717) is 17.8 Å². The Morgan fingerprint density at radius 2 is 2.08 bits per heavy atom. The molecular weight excluding hydrogens is 344 g/mol. The molecule has 0 bridgehead atoms. The predicted molar refractivity (Wildman–Crippen MR) is 106 cm³/mol. The summed E-state index contributed by atoms with van der Waals surface area (Å²) in [4.78, 5) is 12.5. The minimum Gasteiger partial charge on any atom is -0.381 e. The number of fused-ring (bicyclic) bond motifs is 3. The maximum Gasteiger partial charge on any atom is 0.234 e. The third kappa shape index (κ3) is 3.00. The topological polar surface area (TPSA) is 64.3 Å². The average molecular weight is 373 g/mol. The van der Waals surface area contributed by atoms with Crippen LogP contribution in [0.1, 0.15) is 49.3 Å². The highest BCUT2D eigenvalue weighted by Gasteiger charge is 2.52. The van der Waals surface area contributed by atoms with Crippen LogP contribution in [0, 0.1) is 11.8 Å². The summed E-state index contributed by atoms with van der Waals surface area (Å²) >= 11 is 1.66. The first-order valence-corrected chi connectivity index (χ1v) is 10.6. The highest BCUT2D eigenvalue weighted by Crippen LogP contribution is 2.50. The maximum absolute atomic E-state index is 12.5. The van der Waals surface area contributed by atoms with Gasteiger partial charge in [0.2, 0.25) is 5.91 Å². The number of amides is 1. The number of hydrogen-bond acceptors (Lipinski definition) is 4. The number of piperidine rings is 1. The number of nitrogens with two attached hydrogens (primary N) is 1. The molecule has 1 saturated carbocycles. The van der Waals surface area contributed by atoms with E-state index in [4.69, 9.17) is 10.5 Å². The van der Waals surface area contributed by atoms with E-state index < -0.39 is 0 Å². The van der Waals surface area contributed by atoms with Crippen molar-refractivity contribution < 1.29 is 9.53 Å². The van der Waals surface area contributed by atoms with Crippen LogP contribution in [-0.4, -0.2) is 30.4 Å². The number of carbonyl (C=O) groups is 1. The zero-order chi connectivity index (χ0) is 18.3. The van der Waals surface area contributed by atoms with Crippen molar-refractivity contribution in [2.75, 3.05) is 7.11 Å². The summed E-state index contributed by atoms with van der Waals surface area (Å²) in [6, 6.07) is 9.10. The van der Waals surface area contributed by atoms with Gasteiger partial charge in [-0.05, 0) is 41.7 Å². The summed E-state index contributed by atoms with van der Waals surface area (Å²) in [5.41, 5.74) is 8.67. The van der Waals surface area contributed by atoms with Crippen molar-refractivity contribution in [2.24, 2.45) is 17.6 Å². The minimum absolute atomic E-state index is 0.0159. The molecule has 7 atom stereocenters. The quantitative estimate of drug-likeness (QED) is 0.851. The molecule has 1 aliphatic carbocycles. The molecule has 1 aromatic rings. The fourth-order valence-corrected chi connectivity index (χ4v) is 6.12. The van der Waals surface area contributed by atoms with E-state index in [1.165, 1.54) is 11.1 Å². The normalized spacial score (nSPS) is 37.0. The van der Waals surface area contributed by atoms with E-state index in [0.717, 1.165) is 19.3 Å². The van der Waals surface area contributed by atoms with E-state index in [-0.39, 0.29) is 29.3 Å². The van der Waals surface area contributed by atoms with E-state index in [2.05, 4.69) is 48.0 Å². The molecule has 5 heteroatoms. The zero-order valence-corrected chi connectivity index (χ0v) is 16.2. The van der Waals surface area contributed by atoms with Crippen LogP contribution >= 0.6 is 11.8 Å². The molecule has 140 valence electrons. The molecule has 4 nitrogen and oxygen atoms in total. The molecule has 6 unspecified atom stereocenters. The molecule has 3 aliphatic rings. The van der Waals surface area contributed by atoms with Gasteiger partial charge >= 0.3 is 0 Å². The molecule has 26 heavy (non-hydrogen) atoms. The van der Waals surface area contributed by atoms with Gasteiger partial charge in [0.25, 0.3) is 0 Å². The summed E-state index contributed by atoms with van der Waals surface area (Å²) in [6.45, 7) is 2.11. The lowest BCUT2D eigenvalue weighted by Crippen LogP contribution is -2.59. The van der Waals surface area contributed by atoms with Gasteiger partial charge in [-0.1, -0.05) is 37.3 Å². The Balaban J connectivity index is 1.69. The Kier molecular flexibility index (Phi) is 5.13. The van der Waals surface area contributed by atoms with Crippen LogP contribution < -0.4 is 11.1 Å². The average Bonchev–Trinajstić information content (AvgIpc) is 3.17. The van der Waals surface area contributed by atoms with Crippen LogP contribution in [0.3, 0.4) is 0 Å². The van der Waals surface area contributed by atoms with Gasteiger partial charge in [0.05, 0.1) is 11.4 Å². The smallest absolute Gasteiger partial charge is 0.234 e. The number of hydrogen-bond donors (Lipinski definition) is 2. The van der Waals surface area contributed by atoms with Gasteiger partial charge in [0.15, 0.2) is 0 Å². The lowest BCUT2D eigenvalue weighted by molar-refractivity contribution is -0.127. The Hall–Kier alpha value is -1.30. The predicted octanol–water partition coefficient (Wildman–Crippen LogP) is 3.35. The van der Waals surface area contributed by atoms with Crippen LogP contribution in [0.15, 0.2) is 35.7 Å². The number of benzene rings is 1. The largest absolute Gasteiger partial charge is 0.381 e. The summed E-state index contributed by atoms with van der Waals surface area (Å²) in [5.74, 6) is 1.17. The molecule has 1 saturated heterocycles. The third-order valence-electron chi connectivity index (χ3n) is 6.44. The summed E-state index contributed by atoms with van der Waals surface area (Å²) in [5, 5.41) is 5.42. The first kappa shape index (κ1) is 18.1. The second kappa shape index (κ2) is 7.37. The Bertz CT molecular complexity index is 690. The van der Waals surface area contributed by atoms with Crippen molar-refractivity contribution in [2.45, 2.75) is 55.5 Å². The molecule has 0 spiro atoms.